The standard InChI is InChI=1S/C17H22N2O4S2/c1-11(2)9-13(17-18-7-8-24-17)19-16(20)12-5-6-14(23-3)15(10-12)25(4,21)22/h5-8,10-11,13H,9H2,1-4H3,(H,19,20). The SMILES string of the molecule is COc1ccc(C(=O)NC(CC(C)C)c2nccs2)cc1S(C)(=O)=O. The van der Waals surface area contributed by atoms with E-state index in [1.54, 1.807) is 12.3 Å². The molecular formula is C17H22N2O4S2. The summed E-state index contributed by atoms with van der Waals surface area (Å²) < 4.78 is 28.9. The molecule has 0 aliphatic rings. The number of benzene rings is 1. The summed E-state index contributed by atoms with van der Waals surface area (Å²) >= 11 is 1.48. The third kappa shape index (κ3) is 5.02. The zero-order valence-electron chi connectivity index (χ0n) is 14.6. The van der Waals surface area contributed by atoms with E-state index < -0.39 is 9.84 Å². The highest BCUT2D eigenvalue weighted by atomic mass is 32.2. The van der Waals surface area contributed by atoms with Gasteiger partial charge in [-0.15, -0.1) is 11.3 Å². The number of nitrogens with one attached hydrogen (secondary N) is 1. The van der Waals surface area contributed by atoms with Gasteiger partial charge in [0, 0.05) is 23.4 Å². The van der Waals surface area contributed by atoms with E-state index in [0.29, 0.717) is 5.92 Å². The van der Waals surface area contributed by atoms with E-state index in [2.05, 4.69) is 24.1 Å². The third-order valence-electron chi connectivity index (χ3n) is 3.59. The molecule has 0 radical (unpaired) electrons. The van der Waals surface area contributed by atoms with Crippen LogP contribution in [0.2, 0.25) is 0 Å². The number of hydrogen-bond acceptors (Lipinski definition) is 6. The van der Waals surface area contributed by atoms with Crippen LogP contribution in [-0.2, 0) is 9.84 Å². The first-order valence-corrected chi connectivity index (χ1v) is 10.6. The van der Waals surface area contributed by atoms with Gasteiger partial charge < -0.3 is 10.1 Å². The topological polar surface area (TPSA) is 85.4 Å². The first-order valence-electron chi connectivity index (χ1n) is 7.80. The van der Waals surface area contributed by atoms with E-state index in [9.17, 15) is 13.2 Å². The van der Waals surface area contributed by atoms with Gasteiger partial charge in [-0.05, 0) is 30.5 Å². The van der Waals surface area contributed by atoms with Crippen LogP contribution in [0.5, 0.6) is 5.75 Å². The number of hydrogen-bond donors (Lipinski definition) is 1. The van der Waals surface area contributed by atoms with Crippen LogP contribution in [0.1, 0.15) is 41.7 Å². The lowest BCUT2D eigenvalue weighted by atomic mass is 10.0. The molecule has 2 aromatic rings. The second-order valence-electron chi connectivity index (χ2n) is 6.16. The molecule has 0 saturated heterocycles. The van der Waals surface area contributed by atoms with Gasteiger partial charge in [0.15, 0.2) is 9.84 Å². The summed E-state index contributed by atoms with van der Waals surface area (Å²) in [6.07, 6.45) is 3.53. The third-order valence-corrected chi connectivity index (χ3v) is 5.59. The van der Waals surface area contributed by atoms with Crippen LogP contribution in [0.3, 0.4) is 0 Å². The number of thiazole rings is 1. The number of aromatic nitrogens is 1. The second kappa shape index (κ2) is 7.97. The summed E-state index contributed by atoms with van der Waals surface area (Å²) in [6, 6.07) is 4.18. The largest absolute Gasteiger partial charge is 0.495 e. The molecule has 1 N–H and O–H groups in total. The lowest BCUT2D eigenvalue weighted by Crippen LogP contribution is -2.29. The molecule has 1 heterocycles. The van der Waals surface area contributed by atoms with Crippen molar-refractivity contribution in [2.75, 3.05) is 13.4 Å². The first kappa shape index (κ1) is 19.4. The quantitative estimate of drug-likeness (QED) is 0.795. The molecule has 0 bridgehead atoms. The predicted molar refractivity (Wildman–Crippen MR) is 97.9 cm³/mol. The fourth-order valence-electron chi connectivity index (χ4n) is 2.45. The van der Waals surface area contributed by atoms with E-state index >= 15 is 0 Å². The highest BCUT2D eigenvalue weighted by Gasteiger charge is 2.22. The van der Waals surface area contributed by atoms with Crippen LogP contribution in [0, 0.1) is 5.92 Å². The molecule has 0 aliphatic heterocycles. The van der Waals surface area contributed by atoms with Crippen molar-refractivity contribution in [2.45, 2.75) is 31.2 Å². The highest BCUT2D eigenvalue weighted by molar-refractivity contribution is 7.90. The molecule has 2 rings (SSSR count). The van der Waals surface area contributed by atoms with Crippen molar-refractivity contribution in [3.8, 4) is 5.75 Å². The summed E-state index contributed by atoms with van der Waals surface area (Å²) in [4.78, 5) is 16.9. The number of amides is 1. The summed E-state index contributed by atoms with van der Waals surface area (Å²) in [6.45, 7) is 4.14. The molecule has 25 heavy (non-hydrogen) atoms. The van der Waals surface area contributed by atoms with Gasteiger partial charge in [0.05, 0.1) is 13.2 Å². The predicted octanol–water partition coefficient (Wildman–Crippen LogP) is 3.07. The van der Waals surface area contributed by atoms with Crippen LogP contribution >= 0.6 is 11.3 Å². The summed E-state index contributed by atoms with van der Waals surface area (Å²) in [5.74, 6) is 0.253. The maximum Gasteiger partial charge on any atom is 0.251 e. The van der Waals surface area contributed by atoms with E-state index in [4.69, 9.17) is 4.74 Å². The Labute approximate surface area is 152 Å². The Morgan fingerprint density at radius 1 is 1.36 bits per heavy atom. The van der Waals surface area contributed by atoms with E-state index in [0.717, 1.165) is 17.7 Å². The fourth-order valence-corrected chi connectivity index (χ4v) is 4.01. The van der Waals surface area contributed by atoms with Gasteiger partial charge in [-0.25, -0.2) is 13.4 Å². The van der Waals surface area contributed by atoms with Crippen molar-refractivity contribution in [1.82, 2.24) is 10.3 Å². The fraction of sp³-hybridized carbons (Fsp3) is 0.412. The minimum Gasteiger partial charge on any atom is -0.495 e. The van der Waals surface area contributed by atoms with E-state index in [1.807, 2.05) is 5.38 Å². The molecule has 0 aliphatic carbocycles. The molecule has 0 spiro atoms. The maximum absolute atomic E-state index is 12.6. The number of carbonyl (C=O) groups is 1. The van der Waals surface area contributed by atoms with Gasteiger partial charge in [0.1, 0.15) is 15.7 Å². The average Bonchev–Trinajstić information content (AvgIpc) is 3.06. The van der Waals surface area contributed by atoms with Crippen LogP contribution in [0.25, 0.3) is 0 Å². The number of nitrogens with zero attached hydrogens (tertiary/aromatic N) is 1. The normalized spacial score (nSPS) is 12.8. The van der Waals surface area contributed by atoms with Crippen molar-refractivity contribution >= 4 is 27.1 Å². The Kier molecular flexibility index (Phi) is 6.18. The molecule has 1 atom stereocenters. The Bertz CT molecular complexity index is 830. The van der Waals surface area contributed by atoms with Gasteiger partial charge in [0.2, 0.25) is 0 Å². The first-order chi connectivity index (χ1) is 11.7. The Balaban J connectivity index is 2.30. The van der Waals surface area contributed by atoms with Gasteiger partial charge in [0.25, 0.3) is 5.91 Å². The second-order valence-corrected chi connectivity index (χ2v) is 9.07. The average molecular weight is 383 g/mol. The summed E-state index contributed by atoms with van der Waals surface area (Å²) in [5, 5.41) is 5.65. The Morgan fingerprint density at radius 3 is 2.60 bits per heavy atom. The van der Waals surface area contributed by atoms with Crippen molar-refractivity contribution in [3.63, 3.8) is 0 Å². The van der Waals surface area contributed by atoms with E-state index in [-0.39, 0.29) is 28.2 Å². The van der Waals surface area contributed by atoms with Crippen molar-refractivity contribution < 1.29 is 17.9 Å². The van der Waals surface area contributed by atoms with E-state index in [1.165, 1.54) is 30.6 Å². The summed E-state index contributed by atoms with van der Waals surface area (Å²) in [5.41, 5.74) is 0.270. The molecule has 6 nitrogen and oxygen atoms in total. The van der Waals surface area contributed by atoms with Gasteiger partial charge in [-0.3, -0.25) is 4.79 Å². The van der Waals surface area contributed by atoms with Crippen molar-refractivity contribution in [2.24, 2.45) is 5.92 Å². The minimum absolute atomic E-state index is 0.00249. The Hall–Kier alpha value is -1.93. The lowest BCUT2D eigenvalue weighted by Gasteiger charge is -2.19. The molecule has 1 aromatic carbocycles. The molecule has 1 amide bonds. The minimum atomic E-state index is -3.51. The summed E-state index contributed by atoms with van der Waals surface area (Å²) in [7, 11) is -2.11. The van der Waals surface area contributed by atoms with Crippen LogP contribution < -0.4 is 10.1 Å². The smallest absolute Gasteiger partial charge is 0.251 e. The number of carbonyl (C=O) groups excluding carboxylic acids is 1. The molecule has 0 fully saturated rings. The van der Waals surface area contributed by atoms with Gasteiger partial charge in [-0.2, -0.15) is 0 Å². The van der Waals surface area contributed by atoms with Crippen molar-refractivity contribution in [1.29, 1.82) is 0 Å². The molecule has 8 heteroatoms. The van der Waals surface area contributed by atoms with Crippen LogP contribution in [0.15, 0.2) is 34.7 Å². The lowest BCUT2D eigenvalue weighted by molar-refractivity contribution is 0.0931. The molecule has 1 unspecified atom stereocenters. The monoisotopic (exact) mass is 382 g/mol. The molecular weight excluding hydrogens is 360 g/mol. The number of ether oxygens (including phenoxy) is 1. The number of rotatable bonds is 7. The van der Waals surface area contributed by atoms with Crippen LogP contribution in [0.4, 0.5) is 0 Å². The molecule has 136 valence electrons. The molecule has 0 saturated carbocycles. The number of methoxy groups -OCH3 is 1. The number of sulfone groups is 1. The maximum atomic E-state index is 12.6. The van der Waals surface area contributed by atoms with Gasteiger partial charge >= 0.3 is 0 Å². The zero-order chi connectivity index (χ0) is 18.6. The highest BCUT2D eigenvalue weighted by Crippen LogP contribution is 2.27. The Morgan fingerprint density at radius 2 is 2.08 bits per heavy atom. The van der Waals surface area contributed by atoms with Gasteiger partial charge in [-0.1, -0.05) is 13.8 Å². The van der Waals surface area contributed by atoms with Crippen LogP contribution in [-0.4, -0.2) is 32.7 Å². The van der Waals surface area contributed by atoms with Crippen molar-refractivity contribution in [3.05, 3.63) is 40.3 Å². The zero-order valence-corrected chi connectivity index (χ0v) is 16.3. The molecule has 1 aromatic heterocycles.